The van der Waals surface area contributed by atoms with Gasteiger partial charge >= 0.3 is 0 Å². The number of carbonyl (C=O) groups excluding carboxylic acids is 1. The first kappa shape index (κ1) is 15.9. The molecule has 2 rings (SSSR count). The Bertz CT molecular complexity index is 707. The van der Waals surface area contributed by atoms with Crippen molar-refractivity contribution in [3.05, 3.63) is 62.8 Å². The fraction of sp³-hybridized carbons (Fsp3) is 0.0714. The van der Waals surface area contributed by atoms with E-state index in [0.717, 1.165) is 24.3 Å². The second kappa shape index (κ2) is 6.49. The van der Waals surface area contributed by atoms with E-state index in [1.165, 1.54) is 6.07 Å². The highest BCUT2D eigenvalue weighted by Crippen LogP contribution is 2.30. The molecule has 0 aliphatic carbocycles. The Morgan fingerprint density at radius 2 is 1.81 bits per heavy atom. The lowest BCUT2D eigenvalue weighted by molar-refractivity contribution is 0.0920. The van der Waals surface area contributed by atoms with Gasteiger partial charge in [-0.3, -0.25) is 4.79 Å². The highest BCUT2D eigenvalue weighted by Gasteiger charge is 2.13. The van der Waals surface area contributed by atoms with E-state index in [4.69, 9.17) is 16.3 Å². The molecule has 2 aromatic carbocycles. The minimum absolute atomic E-state index is 0.0422. The van der Waals surface area contributed by atoms with E-state index in [1.807, 2.05) is 0 Å². The Morgan fingerprint density at radius 3 is 2.48 bits per heavy atom. The minimum atomic E-state index is -1.13. The van der Waals surface area contributed by atoms with E-state index in [2.05, 4.69) is 15.9 Å². The second-order valence-corrected chi connectivity index (χ2v) is 5.30. The number of halogens is 5. The van der Waals surface area contributed by atoms with Crippen LogP contribution >= 0.6 is 27.5 Å². The molecule has 0 atom stereocenters. The van der Waals surface area contributed by atoms with Gasteiger partial charge in [0.1, 0.15) is 11.6 Å². The van der Waals surface area contributed by atoms with Crippen LogP contribution in [0.1, 0.15) is 10.4 Å². The molecule has 21 heavy (non-hydrogen) atoms. The molecule has 0 saturated heterocycles. The maximum absolute atomic E-state index is 13.3. The van der Waals surface area contributed by atoms with Gasteiger partial charge in [0.25, 0.3) is 0 Å². The van der Waals surface area contributed by atoms with Crippen LogP contribution in [0, 0.1) is 17.5 Å². The summed E-state index contributed by atoms with van der Waals surface area (Å²) in [6.45, 7) is -0.454. The number of ketones is 1. The van der Waals surface area contributed by atoms with Crippen LogP contribution in [-0.2, 0) is 0 Å². The molecule has 0 aliphatic rings. The largest absolute Gasteiger partial charge is 0.484 e. The molecule has 7 heteroatoms. The lowest BCUT2D eigenvalue weighted by atomic mass is 10.1. The Labute approximate surface area is 131 Å². The standard InChI is InChI=1S/C14H7BrClF3O2/c15-8-4-9(16)11(18)5-14(8)21-6-13(20)7-1-2-10(17)12(19)3-7/h1-5H,6H2. The summed E-state index contributed by atoms with van der Waals surface area (Å²) in [5.41, 5.74) is -0.0422. The van der Waals surface area contributed by atoms with Crippen LogP contribution in [-0.4, -0.2) is 12.4 Å². The molecule has 0 amide bonds. The smallest absolute Gasteiger partial charge is 0.200 e. The van der Waals surface area contributed by atoms with Crippen LogP contribution < -0.4 is 4.74 Å². The van der Waals surface area contributed by atoms with Gasteiger partial charge in [0.05, 0.1) is 9.50 Å². The van der Waals surface area contributed by atoms with Crippen molar-refractivity contribution in [1.82, 2.24) is 0 Å². The quantitative estimate of drug-likeness (QED) is 0.564. The molecule has 0 saturated carbocycles. The van der Waals surface area contributed by atoms with Gasteiger partial charge in [-0.25, -0.2) is 13.2 Å². The van der Waals surface area contributed by atoms with Crippen molar-refractivity contribution in [1.29, 1.82) is 0 Å². The molecule has 0 aromatic heterocycles. The zero-order valence-electron chi connectivity index (χ0n) is 10.3. The third-order valence-corrected chi connectivity index (χ3v) is 3.48. The van der Waals surface area contributed by atoms with E-state index >= 15 is 0 Å². The lowest BCUT2D eigenvalue weighted by Gasteiger charge is -2.08. The Morgan fingerprint density at radius 1 is 1.10 bits per heavy atom. The third-order valence-electron chi connectivity index (χ3n) is 2.58. The molecular formula is C14H7BrClF3O2. The predicted molar refractivity (Wildman–Crippen MR) is 75.3 cm³/mol. The third kappa shape index (κ3) is 3.77. The summed E-state index contributed by atoms with van der Waals surface area (Å²) in [6.07, 6.45) is 0. The Kier molecular flexibility index (Phi) is 4.90. The molecule has 0 radical (unpaired) electrons. The number of benzene rings is 2. The van der Waals surface area contributed by atoms with Gasteiger partial charge < -0.3 is 4.74 Å². The normalized spacial score (nSPS) is 10.5. The summed E-state index contributed by atoms with van der Waals surface area (Å²) in [7, 11) is 0. The van der Waals surface area contributed by atoms with Crippen LogP contribution in [0.2, 0.25) is 5.02 Å². The minimum Gasteiger partial charge on any atom is -0.484 e. The fourth-order valence-electron chi connectivity index (χ4n) is 1.51. The molecule has 0 bridgehead atoms. The van der Waals surface area contributed by atoms with Gasteiger partial charge in [-0.15, -0.1) is 0 Å². The fourth-order valence-corrected chi connectivity index (χ4v) is 2.26. The van der Waals surface area contributed by atoms with Gasteiger partial charge in [-0.05, 0) is 40.2 Å². The first-order chi connectivity index (χ1) is 9.88. The molecule has 0 unspecified atom stereocenters. The number of carbonyl (C=O) groups is 1. The van der Waals surface area contributed by atoms with Crippen molar-refractivity contribution in [3.63, 3.8) is 0 Å². The van der Waals surface area contributed by atoms with Crippen LogP contribution in [0.3, 0.4) is 0 Å². The van der Waals surface area contributed by atoms with Crippen LogP contribution in [0.4, 0.5) is 13.2 Å². The van der Waals surface area contributed by atoms with Crippen LogP contribution in [0.5, 0.6) is 5.75 Å². The lowest BCUT2D eigenvalue weighted by Crippen LogP contribution is -2.12. The molecule has 110 valence electrons. The molecule has 0 heterocycles. The molecule has 0 aliphatic heterocycles. The number of Topliss-reactive ketones (excluding diaryl/α,β-unsaturated/α-hetero) is 1. The molecule has 0 spiro atoms. The molecule has 2 nitrogen and oxygen atoms in total. The summed E-state index contributed by atoms with van der Waals surface area (Å²) in [4.78, 5) is 11.8. The summed E-state index contributed by atoms with van der Waals surface area (Å²) in [5.74, 6) is -3.37. The van der Waals surface area contributed by atoms with Crippen LogP contribution in [0.25, 0.3) is 0 Å². The topological polar surface area (TPSA) is 26.3 Å². The summed E-state index contributed by atoms with van der Waals surface area (Å²) in [6, 6.07) is 5.07. The summed E-state index contributed by atoms with van der Waals surface area (Å²) < 4.78 is 44.6. The van der Waals surface area contributed by atoms with Gasteiger partial charge in [-0.2, -0.15) is 0 Å². The highest BCUT2D eigenvalue weighted by atomic mass is 79.9. The number of hydrogen-bond acceptors (Lipinski definition) is 2. The predicted octanol–water partition coefficient (Wildman–Crippen LogP) is 4.78. The molecular weight excluding hydrogens is 373 g/mol. The Balaban J connectivity index is 2.11. The first-order valence-corrected chi connectivity index (χ1v) is 6.81. The molecule has 0 fully saturated rings. The van der Waals surface area contributed by atoms with Gasteiger partial charge in [0.15, 0.2) is 24.0 Å². The van der Waals surface area contributed by atoms with Crippen molar-refractivity contribution in [3.8, 4) is 5.75 Å². The van der Waals surface area contributed by atoms with Crippen molar-refractivity contribution in [2.75, 3.05) is 6.61 Å². The first-order valence-electron chi connectivity index (χ1n) is 5.64. The second-order valence-electron chi connectivity index (χ2n) is 4.04. The summed E-state index contributed by atoms with van der Waals surface area (Å²) in [5, 5.41) is -0.0962. The molecule has 0 N–H and O–H groups in total. The maximum Gasteiger partial charge on any atom is 0.200 e. The van der Waals surface area contributed by atoms with E-state index in [0.29, 0.717) is 4.47 Å². The molecule has 2 aromatic rings. The maximum atomic E-state index is 13.3. The summed E-state index contributed by atoms with van der Waals surface area (Å²) >= 11 is 8.68. The Hall–Kier alpha value is -1.53. The van der Waals surface area contributed by atoms with E-state index in [-0.39, 0.29) is 16.3 Å². The number of rotatable bonds is 4. The van der Waals surface area contributed by atoms with E-state index in [1.54, 1.807) is 0 Å². The van der Waals surface area contributed by atoms with Crippen molar-refractivity contribution >= 4 is 33.3 Å². The van der Waals surface area contributed by atoms with Gasteiger partial charge in [0.2, 0.25) is 0 Å². The highest BCUT2D eigenvalue weighted by molar-refractivity contribution is 9.10. The number of hydrogen-bond donors (Lipinski definition) is 0. The van der Waals surface area contributed by atoms with Gasteiger partial charge in [-0.1, -0.05) is 11.6 Å². The number of ether oxygens (including phenoxy) is 1. The monoisotopic (exact) mass is 378 g/mol. The zero-order valence-corrected chi connectivity index (χ0v) is 12.6. The zero-order chi connectivity index (χ0) is 15.6. The van der Waals surface area contributed by atoms with Crippen molar-refractivity contribution in [2.45, 2.75) is 0 Å². The van der Waals surface area contributed by atoms with Gasteiger partial charge in [0, 0.05) is 11.6 Å². The SMILES string of the molecule is O=C(COc1cc(F)c(Cl)cc1Br)c1ccc(F)c(F)c1. The van der Waals surface area contributed by atoms with E-state index in [9.17, 15) is 18.0 Å². The van der Waals surface area contributed by atoms with Crippen molar-refractivity contribution < 1.29 is 22.7 Å². The van der Waals surface area contributed by atoms with Crippen molar-refractivity contribution in [2.24, 2.45) is 0 Å². The average Bonchev–Trinajstić information content (AvgIpc) is 2.44. The van der Waals surface area contributed by atoms with E-state index < -0.39 is 29.8 Å². The van der Waals surface area contributed by atoms with Crippen LogP contribution in [0.15, 0.2) is 34.8 Å². The average molecular weight is 380 g/mol.